The van der Waals surface area contributed by atoms with Gasteiger partial charge in [-0.15, -0.1) is 0 Å². The zero-order chi connectivity index (χ0) is 20.6. The van der Waals surface area contributed by atoms with Gasteiger partial charge in [0.2, 0.25) is 5.91 Å². The van der Waals surface area contributed by atoms with Gasteiger partial charge in [0.1, 0.15) is 4.88 Å². The number of aryl methyl sites for hydroxylation is 1. The lowest BCUT2D eigenvalue weighted by atomic mass is 9.98. The van der Waals surface area contributed by atoms with Crippen LogP contribution in [0.5, 0.6) is 0 Å². The van der Waals surface area contributed by atoms with E-state index in [0.29, 0.717) is 15.7 Å². The fourth-order valence-corrected chi connectivity index (χ4v) is 3.67. The van der Waals surface area contributed by atoms with Gasteiger partial charge in [0.15, 0.2) is 16.8 Å². The van der Waals surface area contributed by atoms with Crippen molar-refractivity contribution in [1.82, 2.24) is 14.8 Å². The summed E-state index contributed by atoms with van der Waals surface area (Å²) in [6.07, 6.45) is 0. The van der Waals surface area contributed by atoms with Crippen LogP contribution in [-0.4, -0.2) is 59.7 Å². The highest BCUT2D eigenvalue weighted by atomic mass is 32.1. The molecule has 1 aliphatic heterocycles. The first-order valence-corrected chi connectivity index (χ1v) is 9.23. The van der Waals surface area contributed by atoms with Gasteiger partial charge in [0, 0.05) is 32.7 Å². The third kappa shape index (κ3) is 3.86. The molecule has 1 fully saturated rings. The van der Waals surface area contributed by atoms with Crippen molar-refractivity contribution in [2.75, 3.05) is 32.5 Å². The van der Waals surface area contributed by atoms with Gasteiger partial charge in [-0.25, -0.2) is 13.8 Å². The summed E-state index contributed by atoms with van der Waals surface area (Å²) in [7, 11) is 3.26. The van der Waals surface area contributed by atoms with E-state index in [-0.39, 0.29) is 30.5 Å². The van der Waals surface area contributed by atoms with E-state index in [1.54, 1.807) is 21.0 Å². The van der Waals surface area contributed by atoms with Crippen LogP contribution >= 0.6 is 11.3 Å². The molecule has 0 bridgehead atoms. The fourth-order valence-electron chi connectivity index (χ4n) is 2.68. The second kappa shape index (κ2) is 7.63. The zero-order valence-electron chi connectivity index (χ0n) is 15.5. The number of hydrogen-bond donors (Lipinski definition) is 1. The van der Waals surface area contributed by atoms with E-state index < -0.39 is 23.5 Å². The number of rotatable bonds is 4. The SMILES string of the molecule is Cc1nc(NC(=O)C2CN(C(=O)c3ccc(F)c(F)c3)C2)sc1C(=O)N(C)C. The van der Waals surface area contributed by atoms with Gasteiger partial charge < -0.3 is 15.1 Å². The lowest BCUT2D eigenvalue weighted by Gasteiger charge is -2.38. The molecule has 148 valence electrons. The molecule has 2 heterocycles. The van der Waals surface area contributed by atoms with Crippen molar-refractivity contribution in [3.63, 3.8) is 0 Å². The molecule has 1 aromatic carbocycles. The van der Waals surface area contributed by atoms with Gasteiger partial charge in [0.25, 0.3) is 11.8 Å². The molecule has 0 saturated carbocycles. The van der Waals surface area contributed by atoms with E-state index in [1.165, 1.54) is 15.9 Å². The first-order valence-electron chi connectivity index (χ1n) is 8.41. The minimum absolute atomic E-state index is 0.0279. The topological polar surface area (TPSA) is 82.6 Å². The number of amides is 3. The van der Waals surface area contributed by atoms with Crippen LogP contribution in [0.15, 0.2) is 18.2 Å². The van der Waals surface area contributed by atoms with Crippen LogP contribution in [0.2, 0.25) is 0 Å². The minimum atomic E-state index is -1.09. The molecule has 0 spiro atoms. The highest BCUT2D eigenvalue weighted by Gasteiger charge is 2.36. The molecule has 1 N–H and O–H groups in total. The number of nitrogens with zero attached hydrogens (tertiary/aromatic N) is 3. The molecular formula is C18H18F2N4O3S. The van der Waals surface area contributed by atoms with Gasteiger partial charge in [-0.05, 0) is 25.1 Å². The summed E-state index contributed by atoms with van der Waals surface area (Å²) >= 11 is 1.09. The molecule has 2 aromatic rings. The Morgan fingerprint density at radius 2 is 1.89 bits per heavy atom. The van der Waals surface area contributed by atoms with Gasteiger partial charge in [-0.3, -0.25) is 14.4 Å². The summed E-state index contributed by atoms with van der Waals surface area (Å²) < 4.78 is 26.2. The van der Waals surface area contributed by atoms with Crippen molar-refractivity contribution in [2.45, 2.75) is 6.92 Å². The van der Waals surface area contributed by atoms with E-state index in [4.69, 9.17) is 0 Å². The number of halogens is 2. The lowest BCUT2D eigenvalue weighted by molar-refractivity contribution is -0.123. The molecule has 1 aromatic heterocycles. The summed E-state index contributed by atoms with van der Waals surface area (Å²) in [6.45, 7) is 2.02. The summed E-state index contributed by atoms with van der Waals surface area (Å²) in [5.74, 6) is -3.53. The quantitative estimate of drug-likeness (QED) is 0.840. The number of carbonyl (C=O) groups is 3. The monoisotopic (exact) mass is 408 g/mol. The van der Waals surface area contributed by atoms with Crippen molar-refractivity contribution < 1.29 is 23.2 Å². The maximum absolute atomic E-state index is 13.3. The fraction of sp³-hybridized carbons (Fsp3) is 0.333. The number of nitrogens with one attached hydrogen (secondary N) is 1. The Hall–Kier alpha value is -2.88. The minimum Gasteiger partial charge on any atom is -0.344 e. The molecule has 0 aliphatic carbocycles. The van der Waals surface area contributed by atoms with Gasteiger partial charge in [-0.2, -0.15) is 0 Å². The standard InChI is InChI=1S/C18H18F2N4O3S/c1-9-14(17(27)23(2)3)28-18(21-9)22-15(25)11-7-24(8-11)16(26)10-4-5-12(19)13(20)6-10/h4-6,11H,7-8H2,1-3H3,(H,21,22,25). The summed E-state index contributed by atoms with van der Waals surface area (Å²) in [6, 6.07) is 2.94. The van der Waals surface area contributed by atoms with Crippen LogP contribution in [0.25, 0.3) is 0 Å². The third-order valence-corrected chi connectivity index (χ3v) is 5.39. The number of benzene rings is 1. The summed E-state index contributed by atoms with van der Waals surface area (Å²) in [4.78, 5) is 44.1. The Morgan fingerprint density at radius 3 is 2.50 bits per heavy atom. The number of thiazole rings is 1. The summed E-state index contributed by atoms with van der Waals surface area (Å²) in [5, 5.41) is 2.98. The van der Waals surface area contributed by atoms with Crippen molar-refractivity contribution in [3.05, 3.63) is 46.0 Å². The molecular weight excluding hydrogens is 390 g/mol. The predicted molar refractivity (Wildman–Crippen MR) is 99.2 cm³/mol. The number of anilines is 1. The van der Waals surface area contributed by atoms with Crippen molar-refractivity contribution >= 4 is 34.2 Å². The second-order valence-corrected chi connectivity index (χ2v) is 7.66. The van der Waals surface area contributed by atoms with Crippen LogP contribution in [0.3, 0.4) is 0 Å². The Morgan fingerprint density at radius 1 is 1.21 bits per heavy atom. The van der Waals surface area contributed by atoms with E-state index >= 15 is 0 Å². The number of hydrogen-bond acceptors (Lipinski definition) is 5. The zero-order valence-corrected chi connectivity index (χ0v) is 16.3. The summed E-state index contributed by atoms with van der Waals surface area (Å²) in [5.41, 5.74) is 0.558. The average Bonchev–Trinajstić information content (AvgIpc) is 2.95. The van der Waals surface area contributed by atoms with Crippen molar-refractivity contribution in [2.24, 2.45) is 5.92 Å². The van der Waals surface area contributed by atoms with Crippen molar-refractivity contribution in [3.8, 4) is 0 Å². The molecule has 0 unspecified atom stereocenters. The Kier molecular flexibility index (Phi) is 5.41. The molecule has 7 nitrogen and oxygen atoms in total. The molecule has 3 amide bonds. The Bertz CT molecular complexity index is 954. The first kappa shape index (κ1) is 19.9. The normalized spacial score (nSPS) is 13.8. The number of aromatic nitrogens is 1. The van der Waals surface area contributed by atoms with Crippen LogP contribution < -0.4 is 5.32 Å². The largest absolute Gasteiger partial charge is 0.344 e. The second-order valence-electron chi connectivity index (χ2n) is 6.66. The third-order valence-electron chi connectivity index (χ3n) is 4.33. The molecule has 1 saturated heterocycles. The molecule has 0 radical (unpaired) electrons. The van der Waals surface area contributed by atoms with Gasteiger partial charge in [-0.1, -0.05) is 11.3 Å². The maximum Gasteiger partial charge on any atom is 0.265 e. The average molecular weight is 408 g/mol. The smallest absolute Gasteiger partial charge is 0.265 e. The molecule has 28 heavy (non-hydrogen) atoms. The first-order chi connectivity index (χ1) is 13.2. The Labute approximate surface area is 164 Å². The van der Waals surface area contributed by atoms with E-state index in [2.05, 4.69) is 10.3 Å². The van der Waals surface area contributed by atoms with Gasteiger partial charge >= 0.3 is 0 Å². The molecule has 3 rings (SSSR count). The van der Waals surface area contributed by atoms with Gasteiger partial charge in [0.05, 0.1) is 11.6 Å². The highest BCUT2D eigenvalue weighted by Crippen LogP contribution is 2.26. The van der Waals surface area contributed by atoms with Crippen LogP contribution in [0, 0.1) is 24.5 Å². The lowest BCUT2D eigenvalue weighted by Crippen LogP contribution is -2.54. The Balaban J connectivity index is 1.58. The van der Waals surface area contributed by atoms with E-state index in [0.717, 1.165) is 23.5 Å². The van der Waals surface area contributed by atoms with Crippen LogP contribution in [0.1, 0.15) is 25.7 Å². The van der Waals surface area contributed by atoms with Crippen molar-refractivity contribution in [1.29, 1.82) is 0 Å². The molecule has 1 aliphatic rings. The van der Waals surface area contributed by atoms with Crippen LogP contribution in [0.4, 0.5) is 13.9 Å². The van der Waals surface area contributed by atoms with Crippen LogP contribution in [-0.2, 0) is 4.79 Å². The number of likely N-dealkylation sites (tertiary alicyclic amines) is 1. The van der Waals surface area contributed by atoms with E-state index in [9.17, 15) is 23.2 Å². The number of carbonyl (C=O) groups excluding carboxylic acids is 3. The molecule has 10 heteroatoms. The maximum atomic E-state index is 13.3. The predicted octanol–water partition coefficient (Wildman–Crippen LogP) is 2.14. The molecule has 0 atom stereocenters. The highest BCUT2D eigenvalue weighted by molar-refractivity contribution is 7.17. The van der Waals surface area contributed by atoms with E-state index in [1.807, 2.05) is 0 Å².